The van der Waals surface area contributed by atoms with Gasteiger partial charge in [0, 0.05) is 63.5 Å². The maximum absolute atomic E-state index is 13.9. The van der Waals surface area contributed by atoms with Crippen LogP contribution in [-0.2, 0) is 17.8 Å². The average molecular weight is 606 g/mol. The van der Waals surface area contributed by atoms with E-state index in [0.717, 1.165) is 16.8 Å². The van der Waals surface area contributed by atoms with Crippen LogP contribution in [-0.4, -0.2) is 100 Å². The summed E-state index contributed by atoms with van der Waals surface area (Å²) < 4.78 is 5.23. The first-order valence-corrected chi connectivity index (χ1v) is 15.4. The highest BCUT2D eigenvalue weighted by molar-refractivity contribution is 5.92. The lowest BCUT2D eigenvalue weighted by atomic mass is 10.0. The van der Waals surface area contributed by atoms with E-state index < -0.39 is 11.8 Å². The van der Waals surface area contributed by atoms with Gasteiger partial charge in [-0.15, -0.1) is 0 Å². The van der Waals surface area contributed by atoms with E-state index in [-0.39, 0.29) is 30.4 Å². The molecular weight excluding hydrogens is 562 g/mol. The molecule has 5 amide bonds. The highest BCUT2D eigenvalue weighted by atomic mass is 16.4. The van der Waals surface area contributed by atoms with Gasteiger partial charge in [-0.3, -0.25) is 9.78 Å². The molecule has 1 unspecified atom stereocenters. The normalized spacial score (nSPS) is 16.3. The van der Waals surface area contributed by atoms with Crippen molar-refractivity contribution in [1.29, 1.82) is 0 Å². The Balaban J connectivity index is 1.26. The van der Waals surface area contributed by atoms with Crippen LogP contribution in [0.3, 0.4) is 0 Å². The summed E-state index contributed by atoms with van der Waals surface area (Å²) in [4.78, 5) is 62.1. The molecule has 3 aromatic rings. The molecule has 2 aliphatic rings. The van der Waals surface area contributed by atoms with Crippen LogP contribution in [0.5, 0.6) is 0 Å². The first-order valence-electron chi connectivity index (χ1n) is 15.4. The summed E-state index contributed by atoms with van der Waals surface area (Å²) in [6.07, 6.45) is 1.54. The second-order valence-electron chi connectivity index (χ2n) is 12.0. The number of oxazole rings is 1. The Bertz CT molecular complexity index is 1540. The molecule has 1 atom stereocenters. The molecule has 0 saturated carbocycles. The molecule has 12 heteroatoms. The molecule has 1 aromatic heterocycles. The Hall–Kier alpha value is -4.32. The highest BCUT2D eigenvalue weighted by Gasteiger charge is 2.34. The topological polar surface area (TPSA) is 134 Å². The van der Waals surface area contributed by atoms with E-state index in [4.69, 9.17) is 4.42 Å². The number of rotatable bonds is 10. The van der Waals surface area contributed by atoms with Gasteiger partial charge < -0.3 is 34.7 Å². The molecule has 3 N–H and O–H groups in total. The monoisotopic (exact) mass is 605 g/mol. The van der Waals surface area contributed by atoms with Crippen LogP contribution in [0, 0.1) is 0 Å². The van der Waals surface area contributed by atoms with Gasteiger partial charge in [0.25, 0.3) is 0 Å². The molecule has 0 aliphatic carbocycles. The number of likely N-dealkylation sites (N-methyl/N-ethyl adjacent to an activating group) is 2. The Morgan fingerprint density at radius 1 is 1.09 bits per heavy atom. The minimum absolute atomic E-state index is 0.0149. The summed E-state index contributed by atoms with van der Waals surface area (Å²) in [6, 6.07) is 12.2. The number of urea groups is 2. The Kier molecular flexibility index (Phi) is 9.58. The number of hydrogen-bond acceptors (Lipinski definition) is 6. The van der Waals surface area contributed by atoms with E-state index in [1.165, 1.54) is 0 Å². The van der Waals surface area contributed by atoms with Crippen LogP contribution in [0.15, 0.2) is 51.7 Å². The number of aromatic amines is 1. The number of piperidine rings is 1. The third-order valence-corrected chi connectivity index (χ3v) is 8.87. The number of hydrogen-bond donors (Lipinski definition) is 3. The van der Waals surface area contributed by atoms with Crippen LogP contribution < -0.4 is 16.4 Å². The summed E-state index contributed by atoms with van der Waals surface area (Å²) in [5.41, 5.74) is 3.67. The Morgan fingerprint density at radius 2 is 1.84 bits per heavy atom. The van der Waals surface area contributed by atoms with Crippen LogP contribution in [0.1, 0.15) is 44.7 Å². The highest BCUT2D eigenvalue weighted by Crippen LogP contribution is 2.27. The number of amides is 5. The van der Waals surface area contributed by atoms with Crippen molar-refractivity contribution in [3.05, 3.63) is 64.1 Å². The number of carbonyl (C=O) groups excluding carboxylic acids is 3. The second kappa shape index (κ2) is 13.5. The lowest BCUT2D eigenvalue weighted by Crippen LogP contribution is -2.56. The molecule has 1 fully saturated rings. The summed E-state index contributed by atoms with van der Waals surface area (Å²) in [5, 5.41) is 6.00. The van der Waals surface area contributed by atoms with Gasteiger partial charge in [-0.2, -0.15) is 0 Å². The van der Waals surface area contributed by atoms with Crippen LogP contribution in [0.25, 0.3) is 11.1 Å². The third kappa shape index (κ3) is 7.07. The SMILES string of the molecule is CCN(CCN(C)C(C)C)C(=O)C(Cc1ccc2[nH]c(=O)oc2c1)NC(=O)N1CCC(N2Cc3ccccc3NC2=O)CC1. The molecule has 0 bridgehead atoms. The van der Waals surface area contributed by atoms with Crippen molar-refractivity contribution in [2.45, 2.75) is 64.7 Å². The van der Waals surface area contributed by atoms with E-state index in [1.807, 2.05) is 49.2 Å². The molecule has 3 heterocycles. The summed E-state index contributed by atoms with van der Waals surface area (Å²) >= 11 is 0. The summed E-state index contributed by atoms with van der Waals surface area (Å²) in [7, 11) is 2.03. The molecular formula is C32H43N7O5. The van der Waals surface area contributed by atoms with Gasteiger partial charge in [0.15, 0.2) is 5.58 Å². The lowest BCUT2D eigenvalue weighted by Gasteiger charge is -2.41. The van der Waals surface area contributed by atoms with Crippen LogP contribution in [0.2, 0.25) is 0 Å². The fourth-order valence-electron chi connectivity index (χ4n) is 5.87. The zero-order valence-electron chi connectivity index (χ0n) is 26.0. The van der Waals surface area contributed by atoms with Gasteiger partial charge in [-0.25, -0.2) is 14.4 Å². The average Bonchev–Trinajstić information content (AvgIpc) is 3.39. The number of para-hydroxylation sites is 1. The number of H-pyrrole nitrogens is 1. The number of nitrogens with one attached hydrogen (secondary N) is 3. The minimum atomic E-state index is -0.808. The predicted molar refractivity (Wildman–Crippen MR) is 168 cm³/mol. The van der Waals surface area contributed by atoms with Gasteiger partial charge in [-0.1, -0.05) is 24.3 Å². The van der Waals surface area contributed by atoms with E-state index in [1.54, 1.807) is 21.9 Å². The van der Waals surface area contributed by atoms with Crippen molar-refractivity contribution < 1.29 is 18.8 Å². The maximum atomic E-state index is 13.9. The number of benzene rings is 2. The molecule has 0 radical (unpaired) electrons. The van der Waals surface area contributed by atoms with Gasteiger partial charge in [-0.05, 0) is 70.0 Å². The van der Waals surface area contributed by atoms with Gasteiger partial charge in [0.05, 0.1) is 5.52 Å². The van der Waals surface area contributed by atoms with Crippen LogP contribution >= 0.6 is 0 Å². The van der Waals surface area contributed by atoms with Gasteiger partial charge >= 0.3 is 17.8 Å². The van der Waals surface area contributed by atoms with Gasteiger partial charge in [0.2, 0.25) is 5.91 Å². The predicted octanol–water partition coefficient (Wildman–Crippen LogP) is 3.44. The standard InChI is InChI=1S/C32H43N7O5/c1-5-37(17-16-36(4)21(2)3)29(40)27(18-22-10-11-26-28(19-22)44-32(43)35-26)34-30(41)38-14-12-24(13-15-38)39-20-23-8-6-7-9-25(23)33-31(39)42/h6-11,19,21,24,27H,5,12-18,20H2,1-4H3,(H,33,42)(H,34,41)(H,35,43). The smallest absolute Gasteiger partial charge is 0.408 e. The minimum Gasteiger partial charge on any atom is -0.408 e. The van der Waals surface area contributed by atoms with E-state index in [9.17, 15) is 19.2 Å². The molecule has 12 nitrogen and oxygen atoms in total. The van der Waals surface area contributed by atoms with Crippen molar-refractivity contribution in [3.8, 4) is 0 Å². The van der Waals surface area contributed by atoms with E-state index in [0.29, 0.717) is 69.3 Å². The Labute approximate surface area is 257 Å². The van der Waals surface area contributed by atoms with Crippen molar-refractivity contribution in [2.75, 3.05) is 45.1 Å². The fourth-order valence-corrected chi connectivity index (χ4v) is 5.87. The number of likely N-dealkylation sites (tertiary alicyclic amines) is 1. The van der Waals surface area contributed by atoms with Crippen molar-refractivity contribution in [2.24, 2.45) is 0 Å². The van der Waals surface area contributed by atoms with Crippen molar-refractivity contribution in [1.82, 2.24) is 29.9 Å². The zero-order chi connectivity index (χ0) is 31.4. The first-order chi connectivity index (χ1) is 21.1. The summed E-state index contributed by atoms with van der Waals surface area (Å²) in [5.74, 6) is -0.702. The number of nitrogens with zero attached hydrogens (tertiary/aromatic N) is 4. The molecule has 1 saturated heterocycles. The molecule has 236 valence electrons. The van der Waals surface area contributed by atoms with E-state index in [2.05, 4.69) is 34.4 Å². The lowest BCUT2D eigenvalue weighted by molar-refractivity contribution is -0.133. The third-order valence-electron chi connectivity index (χ3n) is 8.87. The molecule has 44 heavy (non-hydrogen) atoms. The molecule has 2 aromatic carbocycles. The largest absolute Gasteiger partial charge is 0.417 e. The molecule has 0 spiro atoms. The Morgan fingerprint density at radius 3 is 2.57 bits per heavy atom. The number of anilines is 1. The van der Waals surface area contributed by atoms with Crippen molar-refractivity contribution in [3.63, 3.8) is 0 Å². The number of fused-ring (bicyclic) bond motifs is 2. The van der Waals surface area contributed by atoms with Crippen LogP contribution in [0.4, 0.5) is 15.3 Å². The zero-order valence-corrected chi connectivity index (χ0v) is 26.0. The quantitative estimate of drug-likeness (QED) is 0.324. The maximum Gasteiger partial charge on any atom is 0.417 e. The van der Waals surface area contributed by atoms with Crippen molar-refractivity contribution >= 4 is 34.8 Å². The number of aromatic nitrogens is 1. The van der Waals surface area contributed by atoms with E-state index >= 15 is 0 Å². The molecule has 5 rings (SSSR count). The fraction of sp³-hybridized carbons (Fsp3) is 0.500. The first kappa shape index (κ1) is 31.1. The summed E-state index contributed by atoms with van der Waals surface area (Å²) in [6.45, 7) is 9.39. The molecule has 2 aliphatic heterocycles. The van der Waals surface area contributed by atoms with Gasteiger partial charge in [0.1, 0.15) is 6.04 Å². The number of carbonyl (C=O) groups is 3. The second-order valence-corrected chi connectivity index (χ2v) is 12.0.